The number of carbonyl (C=O) groups excluding carboxylic acids is 1. The number of aliphatic hydroxyl groups is 1. The summed E-state index contributed by atoms with van der Waals surface area (Å²) < 4.78 is 0. The van der Waals surface area contributed by atoms with Gasteiger partial charge >= 0.3 is 0 Å². The first kappa shape index (κ1) is 16.7. The third-order valence-corrected chi connectivity index (χ3v) is 3.80. The number of carbonyl (C=O) groups is 1. The van der Waals surface area contributed by atoms with Crippen molar-refractivity contribution >= 4 is 12.0 Å². The van der Waals surface area contributed by atoms with Crippen LogP contribution < -0.4 is 5.32 Å². The van der Waals surface area contributed by atoms with Gasteiger partial charge in [0, 0.05) is 45.3 Å². The van der Waals surface area contributed by atoms with Gasteiger partial charge in [0.25, 0.3) is 0 Å². The van der Waals surface area contributed by atoms with Gasteiger partial charge in [-0.15, -0.1) is 0 Å². The maximum absolute atomic E-state index is 11.7. The Kier molecular flexibility index (Phi) is 6.58. The lowest BCUT2D eigenvalue weighted by molar-refractivity contribution is -0.116. The Morgan fingerprint density at radius 2 is 1.95 bits per heavy atom. The van der Waals surface area contributed by atoms with Crippen molar-refractivity contribution in [3.05, 3.63) is 42.0 Å². The third kappa shape index (κ3) is 5.97. The molecular formula is C17H25N3O2. The third-order valence-electron chi connectivity index (χ3n) is 3.80. The lowest BCUT2D eigenvalue weighted by Crippen LogP contribution is -2.48. The maximum Gasteiger partial charge on any atom is 0.244 e. The standard InChI is InChI=1S/C17H25N3O2/c1-19-9-11-20(12-10-19)14-16(21)13-18-17(22)8-7-15-5-3-2-4-6-15/h2-8,16,21H,9-14H2,1H3,(H,18,22). The number of amides is 1. The zero-order valence-corrected chi connectivity index (χ0v) is 13.1. The van der Waals surface area contributed by atoms with Crippen molar-refractivity contribution in [3.8, 4) is 0 Å². The highest BCUT2D eigenvalue weighted by Crippen LogP contribution is 2.01. The van der Waals surface area contributed by atoms with Gasteiger partial charge in [0.15, 0.2) is 0 Å². The van der Waals surface area contributed by atoms with Crippen molar-refractivity contribution < 1.29 is 9.90 Å². The van der Waals surface area contributed by atoms with Crippen molar-refractivity contribution in [2.24, 2.45) is 0 Å². The first-order valence-electron chi connectivity index (χ1n) is 7.73. The molecule has 0 aromatic heterocycles. The molecule has 22 heavy (non-hydrogen) atoms. The van der Waals surface area contributed by atoms with Gasteiger partial charge in [-0.1, -0.05) is 30.3 Å². The molecule has 0 saturated carbocycles. The molecule has 1 unspecified atom stereocenters. The summed E-state index contributed by atoms with van der Waals surface area (Å²) >= 11 is 0. The zero-order valence-electron chi connectivity index (χ0n) is 13.1. The van der Waals surface area contributed by atoms with Crippen LogP contribution in [-0.4, -0.2) is 73.2 Å². The van der Waals surface area contributed by atoms with Crippen LogP contribution in [0.15, 0.2) is 36.4 Å². The van der Waals surface area contributed by atoms with Crippen LogP contribution in [0.2, 0.25) is 0 Å². The molecule has 120 valence electrons. The van der Waals surface area contributed by atoms with Gasteiger partial charge in [0.2, 0.25) is 5.91 Å². The molecular weight excluding hydrogens is 278 g/mol. The molecule has 0 aliphatic carbocycles. The Morgan fingerprint density at radius 3 is 2.64 bits per heavy atom. The summed E-state index contributed by atoms with van der Waals surface area (Å²) in [7, 11) is 2.10. The van der Waals surface area contributed by atoms with E-state index in [2.05, 4.69) is 22.2 Å². The van der Waals surface area contributed by atoms with E-state index >= 15 is 0 Å². The molecule has 5 nitrogen and oxygen atoms in total. The normalized spacial score (nSPS) is 18.5. The first-order valence-corrected chi connectivity index (χ1v) is 7.73. The smallest absolute Gasteiger partial charge is 0.244 e. The van der Waals surface area contributed by atoms with E-state index in [-0.39, 0.29) is 12.5 Å². The van der Waals surface area contributed by atoms with Gasteiger partial charge in [0.05, 0.1) is 6.10 Å². The van der Waals surface area contributed by atoms with Crippen molar-refractivity contribution in [2.45, 2.75) is 6.10 Å². The van der Waals surface area contributed by atoms with Crippen molar-refractivity contribution in [1.82, 2.24) is 15.1 Å². The summed E-state index contributed by atoms with van der Waals surface area (Å²) in [6.45, 7) is 4.88. The number of β-amino-alcohol motifs (C(OH)–C–C–N with tert-alkyl or cyclic N) is 1. The number of rotatable bonds is 6. The Labute approximate surface area is 132 Å². The SMILES string of the molecule is CN1CCN(CC(O)CNC(=O)C=Cc2ccccc2)CC1. The monoisotopic (exact) mass is 303 g/mol. The summed E-state index contributed by atoms with van der Waals surface area (Å²) in [5, 5.41) is 12.7. The number of benzene rings is 1. The number of aliphatic hydroxyl groups excluding tert-OH is 1. The Balaban J connectivity index is 1.66. The number of likely N-dealkylation sites (N-methyl/N-ethyl adjacent to an activating group) is 1. The topological polar surface area (TPSA) is 55.8 Å². The predicted molar refractivity (Wildman–Crippen MR) is 88.4 cm³/mol. The molecule has 5 heteroatoms. The van der Waals surface area contributed by atoms with Crippen LogP contribution in [-0.2, 0) is 4.79 Å². The molecule has 1 aromatic rings. The molecule has 1 atom stereocenters. The lowest BCUT2D eigenvalue weighted by atomic mass is 10.2. The molecule has 2 rings (SSSR count). The quantitative estimate of drug-likeness (QED) is 0.748. The van der Waals surface area contributed by atoms with E-state index in [1.807, 2.05) is 30.3 Å². The second kappa shape index (κ2) is 8.68. The van der Waals surface area contributed by atoms with Crippen LogP contribution in [0.3, 0.4) is 0 Å². The second-order valence-electron chi connectivity index (χ2n) is 5.75. The highest BCUT2D eigenvalue weighted by molar-refractivity contribution is 5.91. The minimum Gasteiger partial charge on any atom is -0.390 e. The highest BCUT2D eigenvalue weighted by Gasteiger charge is 2.16. The number of nitrogens with one attached hydrogen (secondary N) is 1. The summed E-state index contributed by atoms with van der Waals surface area (Å²) in [5.41, 5.74) is 0.982. The van der Waals surface area contributed by atoms with Crippen LogP contribution in [0.25, 0.3) is 6.08 Å². The summed E-state index contributed by atoms with van der Waals surface area (Å²) in [6, 6.07) is 9.67. The van der Waals surface area contributed by atoms with Gasteiger partial charge in [0.1, 0.15) is 0 Å². The fourth-order valence-electron chi connectivity index (χ4n) is 2.41. The van der Waals surface area contributed by atoms with Crippen LogP contribution in [0.4, 0.5) is 0 Å². The number of hydrogen-bond acceptors (Lipinski definition) is 4. The Bertz CT molecular complexity index is 482. The van der Waals surface area contributed by atoms with E-state index in [4.69, 9.17) is 0 Å². The summed E-state index contributed by atoms with van der Waals surface area (Å²) in [5.74, 6) is -0.179. The van der Waals surface area contributed by atoms with Crippen LogP contribution in [0, 0.1) is 0 Å². The van der Waals surface area contributed by atoms with Crippen molar-refractivity contribution in [2.75, 3.05) is 46.3 Å². The predicted octanol–water partition coefficient (Wildman–Crippen LogP) is 0.424. The zero-order chi connectivity index (χ0) is 15.8. The summed E-state index contributed by atoms with van der Waals surface area (Å²) in [6.07, 6.45) is 2.73. The molecule has 1 saturated heterocycles. The molecule has 1 heterocycles. The molecule has 0 bridgehead atoms. The minimum absolute atomic E-state index is 0.179. The Morgan fingerprint density at radius 1 is 1.27 bits per heavy atom. The van der Waals surface area contributed by atoms with Gasteiger partial charge in [-0.05, 0) is 18.7 Å². The van der Waals surface area contributed by atoms with Crippen LogP contribution >= 0.6 is 0 Å². The van der Waals surface area contributed by atoms with Crippen LogP contribution in [0.5, 0.6) is 0 Å². The minimum atomic E-state index is -0.530. The van der Waals surface area contributed by atoms with Gasteiger partial charge < -0.3 is 15.3 Å². The fourth-order valence-corrected chi connectivity index (χ4v) is 2.41. The van der Waals surface area contributed by atoms with E-state index in [9.17, 15) is 9.90 Å². The van der Waals surface area contributed by atoms with E-state index < -0.39 is 6.10 Å². The number of piperazine rings is 1. The molecule has 1 aliphatic heterocycles. The van der Waals surface area contributed by atoms with Crippen LogP contribution in [0.1, 0.15) is 5.56 Å². The number of nitrogens with zero attached hydrogens (tertiary/aromatic N) is 2. The van der Waals surface area contributed by atoms with E-state index in [0.29, 0.717) is 6.54 Å². The van der Waals surface area contributed by atoms with E-state index in [0.717, 1.165) is 31.7 Å². The van der Waals surface area contributed by atoms with Gasteiger partial charge in [-0.25, -0.2) is 0 Å². The van der Waals surface area contributed by atoms with Crippen molar-refractivity contribution in [1.29, 1.82) is 0 Å². The highest BCUT2D eigenvalue weighted by atomic mass is 16.3. The van der Waals surface area contributed by atoms with Crippen molar-refractivity contribution in [3.63, 3.8) is 0 Å². The number of hydrogen-bond donors (Lipinski definition) is 2. The molecule has 1 amide bonds. The largest absolute Gasteiger partial charge is 0.390 e. The molecule has 1 aromatic carbocycles. The molecule has 2 N–H and O–H groups in total. The fraction of sp³-hybridized carbons (Fsp3) is 0.471. The molecule has 1 aliphatic rings. The van der Waals surface area contributed by atoms with Gasteiger partial charge in [-0.2, -0.15) is 0 Å². The average molecular weight is 303 g/mol. The molecule has 1 fully saturated rings. The first-order chi connectivity index (χ1) is 10.6. The Hall–Kier alpha value is -1.69. The average Bonchev–Trinajstić information content (AvgIpc) is 2.54. The second-order valence-corrected chi connectivity index (χ2v) is 5.75. The molecule has 0 spiro atoms. The molecule has 0 radical (unpaired) electrons. The summed E-state index contributed by atoms with van der Waals surface area (Å²) in [4.78, 5) is 16.2. The van der Waals surface area contributed by atoms with E-state index in [1.54, 1.807) is 6.08 Å². The maximum atomic E-state index is 11.7. The lowest BCUT2D eigenvalue weighted by Gasteiger charge is -2.33. The van der Waals surface area contributed by atoms with Gasteiger partial charge in [-0.3, -0.25) is 9.69 Å². The van der Waals surface area contributed by atoms with E-state index in [1.165, 1.54) is 6.08 Å².